The van der Waals surface area contributed by atoms with Gasteiger partial charge in [-0.05, 0) is 18.9 Å². The van der Waals surface area contributed by atoms with E-state index in [9.17, 15) is 9.90 Å². The van der Waals surface area contributed by atoms with Crippen molar-refractivity contribution in [3.63, 3.8) is 0 Å². The minimum Gasteiger partial charge on any atom is -0.393 e. The average molecular weight is 259 g/mol. The first-order valence-electron chi connectivity index (χ1n) is 6.56. The van der Waals surface area contributed by atoms with Gasteiger partial charge in [-0.1, -0.05) is 18.2 Å². The summed E-state index contributed by atoms with van der Waals surface area (Å²) in [6.45, 7) is 1.20. The van der Waals surface area contributed by atoms with Crippen LogP contribution in [0.5, 0.6) is 0 Å². The van der Waals surface area contributed by atoms with Gasteiger partial charge in [-0.15, -0.1) is 0 Å². The minimum atomic E-state index is -0.274. The highest BCUT2D eigenvalue weighted by molar-refractivity contribution is 6.04. The maximum absolute atomic E-state index is 12.5. The summed E-state index contributed by atoms with van der Waals surface area (Å²) in [7, 11) is 1.85. The van der Waals surface area contributed by atoms with Crippen LogP contribution in [-0.2, 0) is 7.05 Å². The fraction of sp³-hybridized carbons (Fsp3) is 0.429. The summed E-state index contributed by atoms with van der Waals surface area (Å²) in [5.41, 5.74) is 1.47. The average Bonchev–Trinajstić information content (AvgIpc) is 2.77. The number of para-hydroxylation sites is 1. The van der Waals surface area contributed by atoms with Crippen molar-refractivity contribution in [2.75, 3.05) is 13.1 Å². The molecule has 1 N–H and O–H groups in total. The molecule has 1 aliphatic rings. The number of benzene rings is 1. The number of aliphatic hydroxyl groups is 1. The Morgan fingerprint density at radius 2 is 2.00 bits per heavy atom. The Bertz CT molecular complexity index is 612. The van der Waals surface area contributed by atoms with Gasteiger partial charge in [-0.2, -0.15) is 5.10 Å². The summed E-state index contributed by atoms with van der Waals surface area (Å²) in [6, 6.07) is 7.74. The van der Waals surface area contributed by atoms with E-state index in [4.69, 9.17) is 0 Å². The molecule has 1 saturated heterocycles. The van der Waals surface area contributed by atoms with Crippen LogP contribution < -0.4 is 0 Å². The van der Waals surface area contributed by atoms with Gasteiger partial charge in [0, 0.05) is 25.5 Å². The zero-order chi connectivity index (χ0) is 13.4. The molecule has 2 aromatic rings. The molecule has 19 heavy (non-hydrogen) atoms. The number of hydrogen-bond acceptors (Lipinski definition) is 3. The van der Waals surface area contributed by atoms with Crippen LogP contribution in [0.3, 0.4) is 0 Å². The number of fused-ring (bicyclic) bond motifs is 1. The molecule has 1 aromatic carbocycles. The monoisotopic (exact) mass is 259 g/mol. The molecule has 0 aliphatic carbocycles. The highest BCUT2D eigenvalue weighted by Crippen LogP contribution is 2.20. The van der Waals surface area contributed by atoms with Gasteiger partial charge in [0.2, 0.25) is 0 Å². The first kappa shape index (κ1) is 12.2. The Labute approximate surface area is 111 Å². The number of aromatic nitrogens is 2. The van der Waals surface area contributed by atoms with Gasteiger partial charge in [0.05, 0.1) is 11.6 Å². The number of piperidine rings is 1. The van der Waals surface area contributed by atoms with Gasteiger partial charge in [0.1, 0.15) is 0 Å². The predicted molar refractivity (Wildman–Crippen MR) is 71.9 cm³/mol. The van der Waals surface area contributed by atoms with Crippen molar-refractivity contribution in [2.45, 2.75) is 18.9 Å². The SMILES string of the molecule is Cn1nc(C(=O)N2CCC(O)CC2)c2ccccc21. The molecule has 1 aromatic heterocycles. The van der Waals surface area contributed by atoms with Gasteiger partial charge in [-0.25, -0.2) is 0 Å². The number of carbonyl (C=O) groups excluding carboxylic acids is 1. The lowest BCUT2D eigenvalue weighted by molar-refractivity contribution is 0.0542. The van der Waals surface area contributed by atoms with E-state index in [2.05, 4.69) is 5.10 Å². The summed E-state index contributed by atoms with van der Waals surface area (Å²) in [4.78, 5) is 14.3. The van der Waals surface area contributed by atoms with Crippen LogP contribution in [0.4, 0.5) is 0 Å². The second kappa shape index (κ2) is 4.66. The lowest BCUT2D eigenvalue weighted by atomic mass is 10.1. The van der Waals surface area contributed by atoms with E-state index in [-0.39, 0.29) is 12.0 Å². The van der Waals surface area contributed by atoms with Gasteiger partial charge in [0.15, 0.2) is 5.69 Å². The second-order valence-corrected chi connectivity index (χ2v) is 5.01. The van der Waals surface area contributed by atoms with Crippen molar-refractivity contribution in [3.05, 3.63) is 30.0 Å². The number of hydrogen-bond donors (Lipinski definition) is 1. The molecule has 3 rings (SSSR count). The Morgan fingerprint density at radius 3 is 2.74 bits per heavy atom. The summed E-state index contributed by atoms with van der Waals surface area (Å²) < 4.78 is 1.74. The highest BCUT2D eigenvalue weighted by Gasteiger charge is 2.25. The summed E-state index contributed by atoms with van der Waals surface area (Å²) in [6.07, 6.45) is 1.03. The molecule has 1 amide bonds. The normalized spacial score (nSPS) is 17.1. The van der Waals surface area contributed by atoms with Gasteiger partial charge in [0.25, 0.3) is 5.91 Å². The van der Waals surface area contributed by atoms with Crippen molar-refractivity contribution in [1.29, 1.82) is 0 Å². The topological polar surface area (TPSA) is 58.4 Å². The van der Waals surface area contributed by atoms with Crippen LogP contribution >= 0.6 is 0 Å². The van der Waals surface area contributed by atoms with Crippen molar-refractivity contribution >= 4 is 16.8 Å². The molecule has 2 heterocycles. The Kier molecular flexibility index (Phi) is 2.98. The highest BCUT2D eigenvalue weighted by atomic mass is 16.3. The van der Waals surface area contributed by atoms with Gasteiger partial charge < -0.3 is 10.0 Å². The Hall–Kier alpha value is -1.88. The van der Waals surface area contributed by atoms with Crippen LogP contribution in [0.1, 0.15) is 23.3 Å². The molecular formula is C14H17N3O2. The largest absolute Gasteiger partial charge is 0.393 e. The molecule has 0 bridgehead atoms. The number of likely N-dealkylation sites (tertiary alicyclic amines) is 1. The van der Waals surface area contributed by atoms with Gasteiger partial charge in [-0.3, -0.25) is 9.48 Å². The van der Waals surface area contributed by atoms with E-state index < -0.39 is 0 Å². The van der Waals surface area contributed by atoms with E-state index >= 15 is 0 Å². The van der Waals surface area contributed by atoms with Crippen molar-refractivity contribution < 1.29 is 9.90 Å². The Balaban J connectivity index is 1.94. The molecule has 0 spiro atoms. The number of nitrogens with zero attached hydrogens (tertiary/aromatic N) is 3. The molecule has 0 radical (unpaired) electrons. The number of rotatable bonds is 1. The van der Waals surface area contributed by atoms with Crippen LogP contribution in [-0.4, -0.2) is 44.9 Å². The molecule has 100 valence electrons. The third kappa shape index (κ3) is 2.10. The molecule has 0 saturated carbocycles. The molecular weight excluding hydrogens is 242 g/mol. The fourth-order valence-corrected chi connectivity index (χ4v) is 2.59. The molecule has 1 aliphatic heterocycles. The summed E-state index contributed by atoms with van der Waals surface area (Å²) >= 11 is 0. The van der Waals surface area contributed by atoms with E-state index in [1.165, 1.54) is 0 Å². The Morgan fingerprint density at radius 1 is 1.32 bits per heavy atom. The zero-order valence-corrected chi connectivity index (χ0v) is 10.9. The van der Waals surface area contributed by atoms with Crippen LogP contribution in [0.25, 0.3) is 10.9 Å². The third-order valence-electron chi connectivity index (χ3n) is 3.71. The summed E-state index contributed by atoms with van der Waals surface area (Å²) in [5.74, 6) is -0.0382. The molecule has 5 heteroatoms. The van der Waals surface area contributed by atoms with Crippen molar-refractivity contribution in [3.8, 4) is 0 Å². The standard InChI is InChI=1S/C14H17N3O2/c1-16-12-5-3-2-4-11(12)13(15-16)14(19)17-8-6-10(18)7-9-17/h2-5,10,18H,6-9H2,1H3. The lowest BCUT2D eigenvalue weighted by Crippen LogP contribution is -2.40. The lowest BCUT2D eigenvalue weighted by Gasteiger charge is -2.29. The van der Waals surface area contributed by atoms with E-state index in [0.717, 1.165) is 10.9 Å². The maximum atomic E-state index is 12.5. The molecule has 0 unspecified atom stereocenters. The van der Waals surface area contributed by atoms with E-state index in [0.29, 0.717) is 31.6 Å². The van der Waals surface area contributed by atoms with Crippen molar-refractivity contribution in [2.24, 2.45) is 7.05 Å². The fourth-order valence-electron chi connectivity index (χ4n) is 2.59. The molecule has 1 fully saturated rings. The van der Waals surface area contributed by atoms with Gasteiger partial charge >= 0.3 is 0 Å². The van der Waals surface area contributed by atoms with Crippen molar-refractivity contribution in [1.82, 2.24) is 14.7 Å². The van der Waals surface area contributed by atoms with Crippen LogP contribution in [0.2, 0.25) is 0 Å². The number of aryl methyl sites for hydroxylation is 1. The third-order valence-corrected chi connectivity index (χ3v) is 3.71. The molecule has 0 atom stereocenters. The predicted octanol–water partition coefficient (Wildman–Crippen LogP) is 1.17. The minimum absolute atomic E-state index is 0.0382. The van der Waals surface area contributed by atoms with Crippen LogP contribution in [0.15, 0.2) is 24.3 Å². The van der Waals surface area contributed by atoms with E-state index in [1.807, 2.05) is 31.3 Å². The maximum Gasteiger partial charge on any atom is 0.275 e. The summed E-state index contributed by atoms with van der Waals surface area (Å²) in [5, 5.41) is 14.7. The number of carbonyl (C=O) groups is 1. The second-order valence-electron chi connectivity index (χ2n) is 5.01. The molecule has 5 nitrogen and oxygen atoms in total. The zero-order valence-electron chi connectivity index (χ0n) is 10.9. The number of amides is 1. The first-order chi connectivity index (χ1) is 9.16. The first-order valence-corrected chi connectivity index (χ1v) is 6.56. The quantitative estimate of drug-likeness (QED) is 0.836. The van der Waals surface area contributed by atoms with E-state index in [1.54, 1.807) is 9.58 Å². The van der Waals surface area contributed by atoms with Crippen LogP contribution in [0, 0.1) is 0 Å². The number of aliphatic hydroxyl groups excluding tert-OH is 1. The smallest absolute Gasteiger partial charge is 0.275 e.